The quantitative estimate of drug-likeness (QED) is 0.164. The molecule has 3 aliphatic carbocycles. The highest BCUT2D eigenvalue weighted by Crippen LogP contribution is 2.59. The summed E-state index contributed by atoms with van der Waals surface area (Å²) in [5.74, 6) is 2.40. The molecule has 270 valence electrons. The molecule has 0 aromatic rings. The largest absolute Gasteiger partial charge is 0.413 e. The van der Waals surface area contributed by atoms with Crippen LogP contribution in [-0.2, 0) is 8.85 Å². The molecule has 1 N–H and O–H groups in total. The van der Waals surface area contributed by atoms with Crippen molar-refractivity contribution in [2.45, 2.75) is 188 Å². The van der Waals surface area contributed by atoms with Crippen LogP contribution in [0.1, 0.15) is 133 Å². The summed E-state index contributed by atoms with van der Waals surface area (Å²) in [5, 5.41) is 11.1. The molecule has 3 saturated carbocycles. The maximum atomic E-state index is 10.7. The molecule has 0 spiro atoms. The van der Waals surface area contributed by atoms with E-state index in [9.17, 15) is 5.11 Å². The van der Waals surface area contributed by atoms with E-state index in [-0.39, 0.29) is 28.4 Å². The highest BCUT2D eigenvalue weighted by molar-refractivity contribution is 6.74. The zero-order valence-corrected chi connectivity index (χ0v) is 35.4. The Balaban J connectivity index is 1.86. The number of hydrogen-bond donors (Lipinski definition) is 1. The molecule has 3 nitrogen and oxygen atoms in total. The van der Waals surface area contributed by atoms with Crippen LogP contribution < -0.4 is 0 Å². The lowest BCUT2D eigenvalue weighted by Gasteiger charge is -2.45. The van der Waals surface area contributed by atoms with Gasteiger partial charge in [-0.15, -0.1) is 0 Å². The summed E-state index contributed by atoms with van der Waals surface area (Å²) in [4.78, 5) is 0. The van der Waals surface area contributed by atoms with Gasteiger partial charge in [-0.2, -0.15) is 0 Å². The molecule has 5 heteroatoms. The number of fused-ring (bicyclic) bond motifs is 1. The molecule has 0 amide bonds. The summed E-state index contributed by atoms with van der Waals surface area (Å²) in [6.45, 7) is 37.7. The highest BCUT2D eigenvalue weighted by Gasteiger charge is 2.50. The number of hydrogen-bond acceptors (Lipinski definition) is 3. The lowest BCUT2D eigenvalue weighted by atomic mass is 9.61. The normalized spacial score (nSPS) is 31.3. The third-order valence-electron chi connectivity index (χ3n) is 13.8. The van der Waals surface area contributed by atoms with E-state index in [1.807, 2.05) is 0 Å². The van der Waals surface area contributed by atoms with Gasteiger partial charge in [-0.25, -0.2) is 0 Å². The van der Waals surface area contributed by atoms with E-state index in [0.717, 1.165) is 32.1 Å². The van der Waals surface area contributed by atoms with Crippen LogP contribution in [0.5, 0.6) is 0 Å². The van der Waals surface area contributed by atoms with Gasteiger partial charge in [0, 0.05) is 6.42 Å². The monoisotopic (exact) mass is 685 g/mol. The van der Waals surface area contributed by atoms with Crippen LogP contribution in [0, 0.1) is 29.1 Å². The summed E-state index contributed by atoms with van der Waals surface area (Å²) in [6.07, 6.45) is 20.6. The first-order chi connectivity index (χ1) is 21.6. The molecule has 3 fully saturated rings. The maximum absolute atomic E-state index is 10.7. The second-order valence-corrected chi connectivity index (χ2v) is 28.6. The van der Waals surface area contributed by atoms with Crippen molar-refractivity contribution in [1.29, 1.82) is 0 Å². The lowest BCUT2D eigenvalue weighted by molar-refractivity contribution is 0.0969. The van der Waals surface area contributed by atoms with E-state index in [1.54, 1.807) is 5.57 Å². The molecule has 0 aromatic carbocycles. The van der Waals surface area contributed by atoms with Crippen LogP contribution in [0.3, 0.4) is 0 Å². The zero-order valence-electron chi connectivity index (χ0n) is 33.4. The number of allylic oxidation sites excluding steroid dienone is 4. The smallest absolute Gasteiger partial charge is 0.192 e. The van der Waals surface area contributed by atoms with E-state index < -0.39 is 16.6 Å². The zero-order chi connectivity index (χ0) is 35.6. The average molecular weight is 685 g/mol. The highest BCUT2D eigenvalue weighted by atomic mass is 28.4. The van der Waals surface area contributed by atoms with Crippen molar-refractivity contribution in [3.8, 4) is 0 Å². The Morgan fingerprint density at radius 2 is 1.53 bits per heavy atom. The van der Waals surface area contributed by atoms with Gasteiger partial charge in [0.15, 0.2) is 16.6 Å². The van der Waals surface area contributed by atoms with Crippen molar-refractivity contribution in [3.63, 3.8) is 0 Å². The molecule has 0 unspecified atom stereocenters. The van der Waals surface area contributed by atoms with Crippen molar-refractivity contribution in [2.75, 3.05) is 0 Å². The van der Waals surface area contributed by atoms with Crippen LogP contribution in [0.25, 0.3) is 0 Å². The second kappa shape index (κ2) is 15.7. The maximum Gasteiger partial charge on any atom is 0.192 e. The molecule has 3 rings (SSSR count). The molecular formula is C42H76O3Si2. The summed E-state index contributed by atoms with van der Waals surface area (Å²) < 4.78 is 14.2. The van der Waals surface area contributed by atoms with Gasteiger partial charge in [0.25, 0.3) is 0 Å². The molecule has 0 radical (unpaired) electrons. The SMILES string of the molecule is C=C1/C(=C\C=C2/CCC[C@]3(C)[C@@H]([C@H](C)/C=C/[C@@H](O)CC(CC)CC)CC[C@@H]23)C[C@@H](O[Si](C)(C)C(C)(C)C)C[C@@H]1O[Si](C)(C)C(C)(C)C. The molecule has 3 aliphatic rings. The second-order valence-electron chi connectivity index (χ2n) is 19.1. The van der Waals surface area contributed by atoms with E-state index >= 15 is 0 Å². The van der Waals surface area contributed by atoms with Gasteiger partial charge in [0.1, 0.15) is 0 Å². The third kappa shape index (κ3) is 9.74. The molecule has 0 bridgehead atoms. The summed E-state index contributed by atoms with van der Waals surface area (Å²) in [6, 6.07) is 0. The van der Waals surface area contributed by atoms with E-state index in [1.165, 1.54) is 43.3 Å². The van der Waals surface area contributed by atoms with E-state index in [0.29, 0.717) is 29.1 Å². The standard InChI is InChI=1S/C42H76O3Si2/c1-16-32(17-2)27-35(43)23-20-30(3)37-24-25-38-33(19-18-26-42(37,38)11)21-22-34-28-36(44-46(12,13)40(5,6)7)29-39(31(34)4)45-47(14,15)41(8,9)10/h20-23,30,32,35-39,43H,4,16-19,24-29H2,1-3,5-15H3/b23-20+,33-21+,34-22-/t30-,35-,36-,37-,38+,39+,42-/m1/s1. The fourth-order valence-electron chi connectivity index (χ4n) is 8.39. The Bertz CT molecular complexity index is 1150. The Labute approximate surface area is 294 Å². The van der Waals surface area contributed by atoms with Gasteiger partial charge in [-0.3, -0.25) is 0 Å². The molecule has 0 aliphatic heterocycles. The lowest BCUT2D eigenvalue weighted by Crippen LogP contribution is -2.49. The van der Waals surface area contributed by atoms with Crippen LogP contribution in [0.15, 0.2) is 47.6 Å². The van der Waals surface area contributed by atoms with Crippen molar-refractivity contribution in [3.05, 3.63) is 47.6 Å². The van der Waals surface area contributed by atoms with Crippen molar-refractivity contribution < 1.29 is 14.0 Å². The van der Waals surface area contributed by atoms with Crippen molar-refractivity contribution in [1.82, 2.24) is 0 Å². The first kappa shape index (κ1) is 40.7. The first-order valence-corrected chi connectivity index (χ1v) is 25.2. The number of aliphatic hydroxyl groups is 1. The molecule has 7 atom stereocenters. The van der Waals surface area contributed by atoms with Crippen LogP contribution in [0.2, 0.25) is 36.3 Å². The molecule has 47 heavy (non-hydrogen) atoms. The van der Waals surface area contributed by atoms with Gasteiger partial charge in [-0.1, -0.05) is 119 Å². The minimum Gasteiger partial charge on any atom is -0.413 e. The van der Waals surface area contributed by atoms with Crippen LogP contribution in [-0.4, -0.2) is 40.1 Å². The van der Waals surface area contributed by atoms with Crippen molar-refractivity contribution in [2.24, 2.45) is 29.1 Å². The van der Waals surface area contributed by atoms with Crippen LogP contribution in [0.4, 0.5) is 0 Å². The molecular weight excluding hydrogens is 609 g/mol. The molecule has 0 heterocycles. The Hall–Kier alpha value is -0.726. The average Bonchev–Trinajstić information content (AvgIpc) is 3.31. The van der Waals surface area contributed by atoms with E-state index in [4.69, 9.17) is 15.4 Å². The Kier molecular flexibility index (Phi) is 13.6. The van der Waals surface area contributed by atoms with Gasteiger partial charge >= 0.3 is 0 Å². The predicted octanol–water partition coefficient (Wildman–Crippen LogP) is 12.6. The molecule has 0 saturated heterocycles. The van der Waals surface area contributed by atoms with Gasteiger partial charge in [0.2, 0.25) is 0 Å². The number of aliphatic hydroxyl groups excluding tert-OH is 1. The Morgan fingerprint density at radius 1 is 0.936 bits per heavy atom. The summed E-state index contributed by atoms with van der Waals surface area (Å²) in [5.41, 5.74) is 4.47. The fourth-order valence-corrected chi connectivity index (χ4v) is 11.1. The minimum atomic E-state index is -1.99. The van der Waals surface area contributed by atoms with Gasteiger partial charge < -0.3 is 14.0 Å². The summed E-state index contributed by atoms with van der Waals surface area (Å²) in [7, 11) is -3.92. The third-order valence-corrected chi connectivity index (χ3v) is 22.8. The number of rotatable bonds is 12. The fraction of sp³-hybridized carbons (Fsp3) is 0.810. The van der Waals surface area contributed by atoms with E-state index in [2.05, 4.69) is 120 Å². The predicted molar refractivity (Wildman–Crippen MR) is 210 cm³/mol. The Morgan fingerprint density at radius 3 is 2.11 bits per heavy atom. The summed E-state index contributed by atoms with van der Waals surface area (Å²) >= 11 is 0. The molecule has 0 aromatic heterocycles. The van der Waals surface area contributed by atoms with Crippen LogP contribution >= 0.6 is 0 Å². The van der Waals surface area contributed by atoms with Gasteiger partial charge in [0.05, 0.1) is 18.3 Å². The topological polar surface area (TPSA) is 38.7 Å². The van der Waals surface area contributed by atoms with Gasteiger partial charge in [-0.05, 0) is 121 Å². The van der Waals surface area contributed by atoms with Crippen molar-refractivity contribution >= 4 is 16.6 Å². The minimum absolute atomic E-state index is 0.0180. The first-order valence-electron chi connectivity index (χ1n) is 19.4.